The van der Waals surface area contributed by atoms with Crippen LogP contribution in [-0.4, -0.2) is 38.9 Å². The first-order valence-electron chi connectivity index (χ1n) is 8.45. The van der Waals surface area contributed by atoms with Gasteiger partial charge in [-0.25, -0.2) is 0 Å². The van der Waals surface area contributed by atoms with Gasteiger partial charge in [-0.15, -0.1) is 0 Å². The van der Waals surface area contributed by atoms with Crippen LogP contribution >= 0.6 is 0 Å². The summed E-state index contributed by atoms with van der Waals surface area (Å²) in [6.07, 6.45) is 1.43. The van der Waals surface area contributed by atoms with E-state index in [1.165, 1.54) is 27.4 Å². The average Bonchev–Trinajstić information content (AvgIpc) is 2.71. The Kier molecular flexibility index (Phi) is 5.44. The van der Waals surface area contributed by atoms with E-state index in [0.29, 0.717) is 28.4 Å². The normalized spacial score (nSPS) is 18.0. The standard InChI is InChI=1S/C21H19NO6/c1-26-14-7-5-13(6-8-14)18-19(23)15(20(24)22-21(18)25)10-12-4-9-16(27-2)17(11-12)28-3/h4-11,18H,1-3H3,(H,22,24,25)/b15-10+. The fourth-order valence-electron chi connectivity index (χ4n) is 2.98. The molecule has 0 spiro atoms. The Morgan fingerprint density at radius 3 is 2.14 bits per heavy atom. The number of Topliss-reactive ketones (excluding diaryl/α,β-unsaturated/α-hetero) is 1. The molecular weight excluding hydrogens is 362 g/mol. The van der Waals surface area contributed by atoms with E-state index in [9.17, 15) is 14.4 Å². The van der Waals surface area contributed by atoms with Crippen LogP contribution in [0.25, 0.3) is 6.08 Å². The van der Waals surface area contributed by atoms with Gasteiger partial charge in [-0.05, 0) is 41.5 Å². The lowest BCUT2D eigenvalue weighted by atomic mass is 9.85. The highest BCUT2D eigenvalue weighted by molar-refractivity contribution is 6.36. The zero-order valence-electron chi connectivity index (χ0n) is 15.6. The molecule has 0 aliphatic carbocycles. The van der Waals surface area contributed by atoms with E-state index in [1.54, 1.807) is 42.5 Å². The Balaban J connectivity index is 1.98. The molecule has 1 atom stereocenters. The maximum Gasteiger partial charge on any atom is 0.261 e. The van der Waals surface area contributed by atoms with Crippen LogP contribution in [0.15, 0.2) is 48.0 Å². The monoisotopic (exact) mass is 381 g/mol. The van der Waals surface area contributed by atoms with Gasteiger partial charge in [-0.1, -0.05) is 18.2 Å². The van der Waals surface area contributed by atoms with Crippen LogP contribution in [0.1, 0.15) is 17.0 Å². The number of carbonyl (C=O) groups excluding carboxylic acids is 3. The molecule has 1 fully saturated rings. The van der Waals surface area contributed by atoms with Crippen molar-refractivity contribution in [1.82, 2.24) is 5.32 Å². The second-order valence-electron chi connectivity index (χ2n) is 6.06. The second kappa shape index (κ2) is 7.96. The molecule has 1 heterocycles. The third kappa shape index (κ3) is 3.59. The Bertz CT molecular complexity index is 961. The molecule has 0 radical (unpaired) electrons. The van der Waals surface area contributed by atoms with Crippen LogP contribution in [0.3, 0.4) is 0 Å². The predicted molar refractivity (Wildman–Crippen MR) is 101 cm³/mol. The number of piperidine rings is 1. The highest BCUT2D eigenvalue weighted by Gasteiger charge is 2.39. The third-order valence-electron chi connectivity index (χ3n) is 4.44. The fraction of sp³-hybridized carbons (Fsp3) is 0.190. The van der Waals surface area contributed by atoms with Crippen LogP contribution in [0, 0.1) is 0 Å². The molecule has 0 aromatic heterocycles. The lowest BCUT2D eigenvalue weighted by Crippen LogP contribution is -2.46. The molecule has 2 aromatic carbocycles. The Hall–Kier alpha value is -3.61. The van der Waals surface area contributed by atoms with Gasteiger partial charge in [0.1, 0.15) is 11.7 Å². The van der Waals surface area contributed by atoms with Gasteiger partial charge in [-0.2, -0.15) is 0 Å². The minimum Gasteiger partial charge on any atom is -0.497 e. The quantitative estimate of drug-likeness (QED) is 0.369. The molecule has 1 aliphatic rings. The number of hydrogen-bond donors (Lipinski definition) is 1. The lowest BCUT2D eigenvalue weighted by molar-refractivity contribution is -0.136. The van der Waals surface area contributed by atoms with Gasteiger partial charge in [0.15, 0.2) is 17.3 Å². The van der Waals surface area contributed by atoms with Gasteiger partial charge in [0.05, 0.1) is 26.9 Å². The van der Waals surface area contributed by atoms with Gasteiger partial charge >= 0.3 is 0 Å². The summed E-state index contributed by atoms with van der Waals surface area (Å²) in [6, 6.07) is 11.6. The van der Waals surface area contributed by atoms with Crippen molar-refractivity contribution >= 4 is 23.7 Å². The number of methoxy groups -OCH3 is 3. The van der Waals surface area contributed by atoms with E-state index >= 15 is 0 Å². The SMILES string of the molecule is COc1ccc(C2C(=O)NC(=O)/C(=C/c3ccc(OC)c(OC)c3)C2=O)cc1. The lowest BCUT2D eigenvalue weighted by Gasteiger charge is -2.22. The number of imide groups is 1. The molecule has 3 rings (SSSR count). The zero-order valence-corrected chi connectivity index (χ0v) is 15.6. The molecule has 1 unspecified atom stereocenters. The number of ketones is 1. The molecule has 0 saturated carbocycles. The summed E-state index contributed by atoms with van der Waals surface area (Å²) >= 11 is 0. The zero-order chi connectivity index (χ0) is 20.3. The van der Waals surface area contributed by atoms with Gasteiger partial charge in [-0.3, -0.25) is 19.7 Å². The Morgan fingerprint density at radius 1 is 0.857 bits per heavy atom. The summed E-state index contributed by atoms with van der Waals surface area (Å²) in [4.78, 5) is 37.5. The molecule has 144 valence electrons. The summed E-state index contributed by atoms with van der Waals surface area (Å²) in [7, 11) is 4.53. The van der Waals surface area contributed by atoms with Crippen LogP contribution in [0.4, 0.5) is 0 Å². The number of ether oxygens (including phenoxy) is 3. The van der Waals surface area contributed by atoms with E-state index in [1.807, 2.05) is 0 Å². The smallest absolute Gasteiger partial charge is 0.261 e. The van der Waals surface area contributed by atoms with Gasteiger partial charge in [0.25, 0.3) is 5.91 Å². The fourth-order valence-corrected chi connectivity index (χ4v) is 2.98. The maximum atomic E-state index is 12.9. The van der Waals surface area contributed by atoms with Crippen molar-refractivity contribution in [3.63, 3.8) is 0 Å². The van der Waals surface area contributed by atoms with E-state index < -0.39 is 23.5 Å². The molecule has 28 heavy (non-hydrogen) atoms. The van der Waals surface area contributed by atoms with E-state index in [2.05, 4.69) is 5.32 Å². The first kappa shape index (κ1) is 19.2. The van der Waals surface area contributed by atoms with Gasteiger partial charge in [0, 0.05) is 0 Å². The van der Waals surface area contributed by atoms with Crippen molar-refractivity contribution in [3.8, 4) is 17.2 Å². The predicted octanol–water partition coefficient (Wildman–Crippen LogP) is 2.11. The van der Waals surface area contributed by atoms with Crippen molar-refractivity contribution in [2.45, 2.75) is 5.92 Å². The molecule has 2 amide bonds. The first-order valence-corrected chi connectivity index (χ1v) is 8.45. The van der Waals surface area contributed by atoms with Crippen LogP contribution < -0.4 is 19.5 Å². The number of carbonyl (C=O) groups is 3. The number of benzene rings is 2. The van der Waals surface area contributed by atoms with Crippen molar-refractivity contribution in [3.05, 3.63) is 59.2 Å². The van der Waals surface area contributed by atoms with Crippen LogP contribution in [0.5, 0.6) is 17.2 Å². The highest BCUT2D eigenvalue weighted by Crippen LogP contribution is 2.31. The Morgan fingerprint density at radius 2 is 1.54 bits per heavy atom. The Labute approximate surface area is 161 Å². The van der Waals surface area contributed by atoms with E-state index in [0.717, 1.165) is 0 Å². The number of hydrogen-bond acceptors (Lipinski definition) is 6. The number of rotatable bonds is 5. The third-order valence-corrected chi connectivity index (χ3v) is 4.44. The van der Waals surface area contributed by atoms with Crippen molar-refractivity contribution < 1.29 is 28.6 Å². The molecule has 2 aromatic rings. The summed E-state index contributed by atoms with van der Waals surface area (Å²) in [6.45, 7) is 0. The first-order chi connectivity index (χ1) is 13.5. The van der Waals surface area contributed by atoms with Crippen molar-refractivity contribution in [2.24, 2.45) is 0 Å². The van der Waals surface area contributed by atoms with E-state index in [-0.39, 0.29) is 5.57 Å². The second-order valence-corrected chi connectivity index (χ2v) is 6.06. The maximum absolute atomic E-state index is 12.9. The van der Waals surface area contributed by atoms with Crippen molar-refractivity contribution in [1.29, 1.82) is 0 Å². The molecule has 7 nitrogen and oxygen atoms in total. The van der Waals surface area contributed by atoms with Crippen molar-refractivity contribution in [2.75, 3.05) is 21.3 Å². The van der Waals surface area contributed by atoms with Gasteiger partial charge in [0.2, 0.25) is 5.91 Å². The summed E-state index contributed by atoms with van der Waals surface area (Å²) < 4.78 is 15.5. The molecule has 7 heteroatoms. The minimum absolute atomic E-state index is 0.104. The summed E-state index contributed by atoms with van der Waals surface area (Å²) in [5.74, 6) is -1.45. The molecule has 1 aliphatic heterocycles. The molecular formula is C21H19NO6. The summed E-state index contributed by atoms with van der Waals surface area (Å²) in [5.41, 5.74) is 0.945. The largest absolute Gasteiger partial charge is 0.497 e. The molecule has 0 bridgehead atoms. The van der Waals surface area contributed by atoms with Gasteiger partial charge < -0.3 is 14.2 Å². The average molecular weight is 381 g/mol. The number of nitrogens with one attached hydrogen (secondary N) is 1. The summed E-state index contributed by atoms with van der Waals surface area (Å²) in [5, 5.41) is 2.25. The van der Waals surface area contributed by atoms with Crippen LogP contribution in [0.2, 0.25) is 0 Å². The topological polar surface area (TPSA) is 90.9 Å². The minimum atomic E-state index is -1.10. The van der Waals surface area contributed by atoms with Crippen LogP contribution in [-0.2, 0) is 14.4 Å². The number of amides is 2. The van der Waals surface area contributed by atoms with E-state index in [4.69, 9.17) is 14.2 Å². The molecule has 1 N–H and O–H groups in total. The molecule has 1 saturated heterocycles. The highest BCUT2D eigenvalue weighted by atomic mass is 16.5.